The van der Waals surface area contributed by atoms with Crippen LogP contribution in [0.3, 0.4) is 0 Å². The van der Waals surface area contributed by atoms with Crippen molar-refractivity contribution < 1.29 is 9.72 Å². The molecule has 0 spiro atoms. The molecule has 0 bridgehead atoms. The van der Waals surface area contributed by atoms with Gasteiger partial charge in [0.15, 0.2) is 0 Å². The van der Waals surface area contributed by atoms with Gasteiger partial charge in [-0.2, -0.15) is 10.5 Å². The Bertz CT molecular complexity index is 1700. The van der Waals surface area contributed by atoms with Gasteiger partial charge in [0.25, 0.3) is 11.6 Å². The van der Waals surface area contributed by atoms with Gasteiger partial charge in [-0.15, -0.1) is 11.3 Å². The summed E-state index contributed by atoms with van der Waals surface area (Å²) in [6.45, 7) is 2.39. The number of amides is 1. The lowest BCUT2D eigenvalue weighted by Crippen LogP contribution is -2.13. The maximum Gasteiger partial charge on any atom is 0.269 e. The molecule has 38 heavy (non-hydrogen) atoms. The van der Waals surface area contributed by atoms with E-state index in [-0.39, 0.29) is 11.3 Å². The summed E-state index contributed by atoms with van der Waals surface area (Å²) in [6, 6.07) is 18.4. The number of benzene rings is 2. The van der Waals surface area contributed by atoms with Crippen LogP contribution in [0.15, 0.2) is 54.1 Å². The first-order valence-corrected chi connectivity index (χ1v) is 13.0. The number of hydrogen-bond acceptors (Lipinski definition) is 6. The normalized spacial score (nSPS) is 13.0. The van der Waals surface area contributed by atoms with Gasteiger partial charge in [0.2, 0.25) is 0 Å². The predicted molar refractivity (Wildman–Crippen MR) is 147 cm³/mol. The molecule has 5 rings (SSSR count). The largest absolute Gasteiger partial charge is 0.340 e. The van der Waals surface area contributed by atoms with Crippen LogP contribution < -0.4 is 5.32 Å². The topological polar surface area (TPSA) is 125 Å². The second-order valence-electron chi connectivity index (χ2n) is 9.18. The van der Waals surface area contributed by atoms with Crippen LogP contribution in [0, 0.1) is 39.7 Å². The van der Waals surface area contributed by atoms with Gasteiger partial charge in [0, 0.05) is 45.7 Å². The number of carbonyl (C=O) groups is 1. The highest BCUT2D eigenvalue weighted by molar-refractivity contribution is 7.16. The van der Waals surface area contributed by atoms with Gasteiger partial charge in [0.05, 0.1) is 10.5 Å². The van der Waals surface area contributed by atoms with Crippen LogP contribution in [-0.4, -0.2) is 15.4 Å². The van der Waals surface area contributed by atoms with Crippen molar-refractivity contribution >= 4 is 44.9 Å². The lowest BCUT2D eigenvalue weighted by molar-refractivity contribution is -0.384. The summed E-state index contributed by atoms with van der Waals surface area (Å²) in [7, 11) is 0. The van der Waals surface area contributed by atoms with Crippen molar-refractivity contribution in [2.75, 3.05) is 5.32 Å². The van der Waals surface area contributed by atoms with Crippen molar-refractivity contribution in [3.05, 3.63) is 97.0 Å². The van der Waals surface area contributed by atoms with E-state index in [0.29, 0.717) is 17.1 Å². The number of nitrogens with one attached hydrogen (secondary N) is 1. The van der Waals surface area contributed by atoms with E-state index >= 15 is 0 Å². The first kappa shape index (κ1) is 24.9. The highest BCUT2D eigenvalue weighted by Crippen LogP contribution is 2.38. The van der Waals surface area contributed by atoms with Gasteiger partial charge in [-0.05, 0) is 55.9 Å². The van der Waals surface area contributed by atoms with Gasteiger partial charge in [-0.1, -0.05) is 30.3 Å². The minimum Gasteiger partial charge on any atom is -0.340 e. The number of nitrogens with zero attached hydrogens (tertiary/aromatic N) is 4. The number of thiophene rings is 1. The fourth-order valence-corrected chi connectivity index (χ4v) is 6.22. The number of fused-ring (bicyclic) bond motifs is 2. The molecule has 0 saturated heterocycles. The molecule has 8 nitrogen and oxygen atoms in total. The van der Waals surface area contributed by atoms with E-state index in [2.05, 4.69) is 16.0 Å². The number of aryl methyl sites for hydroxylation is 1. The maximum atomic E-state index is 13.2. The Kier molecular flexibility index (Phi) is 6.78. The molecular weight excluding hydrogens is 498 g/mol. The molecule has 2 heterocycles. The van der Waals surface area contributed by atoms with Crippen molar-refractivity contribution in [2.24, 2.45) is 0 Å². The van der Waals surface area contributed by atoms with Crippen molar-refractivity contribution in [3.8, 4) is 12.1 Å². The Morgan fingerprint density at radius 3 is 2.61 bits per heavy atom. The molecule has 0 unspecified atom stereocenters. The lowest BCUT2D eigenvalue weighted by Gasteiger charge is -2.09. The van der Waals surface area contributed by atoms with Crippen LogP contribution in [0.2, 0.25) is 0 Å². The number of carbonyl (C=O) groups excluding carboxylic acids is 1. The average Bonchev–Trinajstić information content (AvgIpc) is 3.41. The zero-order valence-electron chi connectivity index (χ0n) is 20.7. The Morgan fingerprint density at radius 1 is 1.16 bits per heavy atom. The second kappa shape index (κ2) is 10.3. The zero-order chi connectivity index (χ0) is 26.8. The van der Waals surface area contributed by atoms with Gasteiger partial charge >= 0.3 is 0 Å². The summed E-state index contributed by atoms with van der Waals surface area (Å²) >= 11 is 1.43. The summed E-state index contributed by atoms with van der Waals surface area (Å²) in [5, 5.41) is 34.8. The number of rotatable bonds is 6. The molecule has 9 heteroatoms. The Hall–Kier alpha value is -4.73. The van der Waals surface area contributed by atoms with Crippen LogP contribution in [0.1, 0.15) is 45.7 Å². The number of non-ortho nitro benzene ring substituents is 1. The lowest BCUT2D eigenvalue weighted by atomic mass is 9.96. The Labute approximate surface area is 223 Å². The number of nitro benzene ring substituents is 1. The first-order valence-electron chi connectivity index (χ1n) is 12.2. The Balaban J connectivity index is 1.49. The third-order valence-electron chi connectivity index (χ3n) is 6.93. The number of anilines is 1. The van der Waals surface area contributed by atoms with Crippen LogP contribution in [0.5, 0.6) is 0 Å². The van der Waals surface area contributed by atoms with Crippen molar-refractivity contribution in [1.29, 1.82) is 10.5 Å². The van der Waals surface area contributed by atoms with Crippen molar-refractivity contribution in [1.82, 2.24) is 4.57 Å². The highest BCUT2D eigenvalue weighted by atomic mass is 32.1. The van der Waals surface area contributed by atoms with Gasteiger partial charge < -0.3 is 9.88 Å². The number of nitro groups is 1. The highest BCUT2D eigenvalue weighted by Gasteiger charge is 2.23. The molecule has 1 aliphatic rings. The van der Waals surface area contributed by atoms with Crippen LogP contribution in [0.25, 0.3) is 17.0 Å². The predicted octanol–water partition coefficient (Wildman–Crippen LogP) is 6.26. The van der Waals surface area contributed by atoms with E-state index in [1.807, 2.05) is 37.3 Å². The summed E-state index contributed by atoms with van der Waals surface area (Å²) in [6.07, 6.45) is 5.42. The molecule has 188 valence electrons. The smallest absolute Gasteiger partial charge is 0.269 e. The monoisotopic (exact) mass is 521 g/mol. The summed E-state index contributed by atoms with van der Waals surface area (Å²) < 4.78 is 2.07. The number of nitriles is 2. The molecule has 0 saturated carbocycles. The van der Waals surface area contributed by atoms with Gasteiger partial charge in [-0.25, -0.2) is 0 Å². The second-order valence-corrected chi connectivity index (χ2v) is 10.3. The molecule has 1 amide bonds. The molecule has 0 radical (unpaired) electrons. The van der Waals surface area contributed by atoms with Crippen LogP contribution in [0.4, 0.5) is 10.7 Å². The third-order valence-corrected chi connectivity index (χ3v) is 8.14. The Morgan fingerprint density at radius 2 is 1.89 bits per heavy atom. The summed E-state index contributed by atoms with van der Waals surface area (Å²) in [4.78, 5) is 24.9. The standard InChI is InChI=1S/C29H23N5O3S/c1-18-24(14-20(15-30)28(35)32-29-25(16-31)23-7-3-5-9-27(23)38-29)22-6-2-4-8-26(22)33(18)17-19-10-12-21(13-11-19)34(36)37/h2,4,6,8,10-14H,3,5,7,9,17H2,1H3,(H,32,35). The van der Waals surface area contributed by atoms with Crippen molar-refractivity contribution in [3.63, 3.8) is 0 Å². The SMILES string of the molecule is Cc1c(C=C(C#N)C(=O)Nc2sc3c(c2C#N)CCCC3)c2ccccc2n1Cc1ccc([N+](=O)[O-])cc1. The van der Waals surface area contributed by atoms with Gasteiger partial charge in [-0.3, -0.25) is 14.9 Å². The molecule has 0 fully saturated rings. The van der Waals surface area contributed by atoms with Crippen LogP contribution in [-0.2, 0) is 24.2 Å². The minimum absolute atomic E-state index is 0.0299. The molecule has 1 N–H and O–H groups in total. The van der Waals surface area contributed by atoms with Crippen LogP contribution >= 0.6 is 11.3 Å². The number of aromatic nitrogens is 1. The van der Waals surface area contributed by atoms with E-state index in [1.165, 1.54) is 23.5 Å². The zero-order valence-corrected chi connectivity index (χ0v) is 21.5. The first-order chi connectivity index (χ1) is 18.4. The quantitative estimate of drug-likeness (QED) is 0.139. The molecule has 2 aromatic heterocycles. The summed E-state index contributed by atoms with van der Waals surface area (Å²) in [5.74, 6) is -0.547. The average molecular weight is 522 g/mol. The minimum atomic E-state index is -0.547. The van der Waals surface area contributed by atoms with E-state index in [0.717, 1.165) is 63.8 Å². The van der Waals surface area contributed by atoms with E-state index in [1.54, 1.807) is 18.2 Å². The summed E-state index contributed by atoms with van der Waals surface area (Å²) in [5.41, 5.74) is 4.92. The molecule has 4 aromatic rings. The molecule has 1 aliphatic carbocycles. The van der Waals surface area contributed by atoms with Crippen molar-refractivity contribution in [2.45, 2.75) is 39.2 Å². The molecule has 0 aliphatic heterocycles. The fourth-order valence-electron chi connectivity index (χ4n) is 4.98. The fraction of sp³-hybridized carbons (Fsp3) is 0.207. The van der Waals surface area contributed by atoms with E-state index < -0.39 is 10.8 Å². The number of para-hydroxylation sites is 1. The van der Waals surface area contributed by atoms with E-state index in [9.17, 15) is 25.4 Å². The third kappa shape index (κ3) is 4.56. The maximum absolute atomic E-state index is 13.2. The molecule has 2 aromatic carbocycles. The number of hydrogen-bond donors (Lipinski definition) is 1. The van der Waals surface area contributed by atoms with E-state index in [4.69, 9.17) is 0 Å². The van der Waals surface area contributed by atoms with Gasteiger partial charge in [0.1, 0.15) is 22.7 Å². The molecule has 0 atom stereocenters. The molecular formula is C29H23N5O3S.